The van der Waals surface area contributed by atoms with Gasteiger partial charge in [-0.05, 0) is 30.7 Å². The molecule has 0 amide bonds. The quantitative estimate of drug-likeness (QED) is 0.0487. The first kappa shape index (κ1) is 33.8. The van der Waals surface area contributed by atoms with E-state index in [1.54, 1.807) is 0 Å². The van der Waals surface area contributed by atoms with Gasteiger partial charge in [0.25, 0.3) is 0 Å². The van der Waals surface area contributed by atoms with Crippen LogP contribution in [-0.2, 0) is 11.8 Å². The molecule has 1 nitrogen and oxygen atoms in total. The Morgan fingerprint density at radius 2 is 0.912 bits per heavy atom. The van der Waals surface area contributed by atoms with Crippen LogP contribution in [-0.4, -0.2) is 32.3 Å². The minimum absolute atomic E-state index is 0.863. The van der Waals surface area contributed by atoms with Crippen LogP contribution >= 0.6 is 0 Å². The van der Waals surface area contributed by atoms with Crippen LogP contribution in [0.3, 0.4) is 0 Å². The molecule has 1 aromatic carbocycles. The van der Waals surface area contributed by atoms with Crippen molar-refractivity contribution in [1.82, 2.24) is 0 Å². The van der Waals surface area contributed by atoms with Gasteiger partial charge in [-0.2, -0.15) is 0 Å². The summed E-state index contributed by atoms with van der Waals surface area (Å²) in [5, 5.41) is 0. The van der Waals surface area contributed by atoms with Gasteiger partial charge in [-0.1, -0.05) is 103 Å². The van der Waals surface area contributed by atoms with Gasteiger partial charge in [0, 0.05) is 11.8 Å². The number of hydrogen-bond donors (Lipinski definition) is 0. The zero-order valence-corrected chi connectivity index (χ0v) is 24.3. The van der Waals surface area contributed by atoms with E-state index in [-0.39, 0.29) is 0 Å². The molecule has 0 aromatic heterocycles. The zero-order valence-electron chi connectivity index (χ0n) is 20.9. The fraction of sp³-hybridized carbons (Fsp3) is 0.760. The molecule has 0 unspecified atom stereocenters. The molecule has 0 heterocycles. The number of rotatable bonds is 19. The molecule has 9 heteroatoms. The third-order valence-electron chi connectivity index (χ3n) is 5.36. The van der Waals surface area contributed by atoms with Crippen LogP contribution in [0.15, 0.2) is 29.2 Å². The topological polar surface area (TPSA) is 9.23 Å². The monoisotopic (exact) mass is 628 g/mol. The van der Waals surface area contributed by atoms with Crippen LogP contribution in [0.1, 0.15) is 110 Å². The Bertz CT molecular complexity index is 596. The van der Waals surface area contributed by atoms with Gasteiger partial charge in [-0.25, -0.2) is 0 Å². The van der Waals surface area contributed by atoms with Gasteiger partial charge < -0.3 is 4.74 Å². The maximum atomic E-state index is 9.93. The van der Waals surface area contributed by atoms with Crippen molar-refractivity contribution >= 4 is 31.2 Å². The normalized spacial score (nSPS) is 13.5. The number of benzene rings is 1. The maximum absolute atomic E-state index is 11.2. The van der Waals surface area contributed by atoms with Gasteiger partial charge in [0.15, 0.2) is 4.90 Å². The van der Waals surface area contributed by atoms with Crippen molar-refractivity contribution in [3.8, 4) is 5.75 Å². The van der Waals surface area contributed by atoms with Crippen molar-refractivity contribution in [2.24, 2.45) is 0 Å². The molecule has 0 aliphatic rings. The van der Waals surface area contributed by atoms with Crippen LogP contribution in [0.5, 0.6) is 5.75 Å². The van der Waals surface area contributed by atoms with E-state index in [1.165, 1.54) is 119 Å². The Morgan fingerprint density at radius 3 is 1.24 bits per heavy atom. The SMILES string of the molecule is CCCCCCCCCCCCCCCCCCOc1ccc([SH+]C)cc1.[F][Sb-]([F])([F])([F])([F])[F]. The predicted molar refractivity (Wildman–Crippen MR) is 137 cm³/mol. The molecule has 0 radical (unpaired) electrons. The number of halogens is 6. The summed E-state index contributed by atoms with van der Waals surface area (Å²) >= 11 is -9.93. The molecule has 1 aromatic rings. The van der Waals surface area contributed by atoms with E-state index in [4.69, 9.17) is 4.74 Å². The van der Waals surface area contributed by atoms with E-state index >= 15 is 0 Å². The summed E-state index contributed by atoms with van der Waals surface area (Å²) in [7, 11) is 0. The van der Waals surface area contributed by atoms with Gasteiger partial charge in [0.1, 0.15) is 12.0 Å². The van der Waals surface area contributed by atoms with E-state index in [0.29, 0.717) is 0 Å². The third kappa shape index (κ3) is 31.8. The first-order valence-corrected chi connectivity index (χ1v) is 19.8. The van der Waals surface area contributed by atoms with Crippen LogP contribution in [0.4, 0.5) is 16.9 Å². The van der Waals surface area contributed by atoms with Crippen LogP contribution in [0.25, 0.3) is 0 Å². The van der Waals surface area contributed by atoms with E-state index in [2.05, 4.69) is 37.4 Å². The van der Waals surface area contributed by atoms with Crippen LogP contribution < -0.4 is 4.74 Å². The standard InChI is InChI=1S/C25H44OS.6FH.Sb/c1-3-4-5-6-7-8-9-10-11-12-13-14-15-16-17-18-23-26-24-19-21-25(27-2)22-20-24;;;;;;;/h19-22H,3-18,23H2,1-2H3;6*1H;/q;;;;;;;+5/p-5. The summed E-state index contributed by atoms with van der Waals surface area (Å²) in [6.45, 7) is 3.16. The molecule has 0 bridgehead atoms. The molecule has 0 saturated heterocycles. The summed E-state index contributed by atoms with van der Waals surface area (Å²) in [5.41, 5.74) is 0. The predicted octanol–water partition coefficient (Wildman–Crippen LogP) is 10.3. The van der Waals surface area contributed by atoms with Gasteiger partial charge in [0.2, 0.25) is 0 Å². The molecule has 0 saturated carbocycles. The summed E-state index contributed by atoms with van der Waals surface area (Å²) in [5.74, 6) is 1.02. The van der Waals surface area contributed by atoms with Crippen LogP contribution in [0, 0.1) is 0 Å². The van der Waals surface area contributed by atoms with Crippen molar-refractivity contribution in [1.29, 1.82) is 0 Å². The average Bonchev–Trinajstić information content (AvgIpc) is 2.74. The second-order valence-corrected chi connectivity index (χ2v) is 15.3. The fourth-order valence-corrected chi connectivity index (χ4v) is 3.98. The summed E-state index contributed by atoms with van der Waals surface area (Å²) in [6, 6.07) is 8.51. The number of thiol groups is 1. The molecule has 0 fully saturated rings. The molecule has 204 valence electrons. The van der Waals surface area contributed by atoms with Gasteiger partial charge >= 0.3 is 36.4 Å². The van der Waals surface area contributed by atoms with Crippen LogP contribution in [0.2, 0.25) is 0 Å². The molecule has 34 heavy (non-hydrogen) atoms. The Hall–Kier alpha value is -0.232. The zero-order chi connectivity index (χ0) is 25.8. The van der Waals surface area contributed by atoms with Crippen molar-refractivity contribution in [3.05, 3.63) is 24.3 Å². The Labute approximate surface area is 209 Å². The first-order chi connectivity index (χ1) is 15.8. The molecule has 0 aliphatic heterocycles. The first-order valence-electron chi connectivity index (χ1n) is 12.7. The molecule has 0 atom stereocenters. The second-order valence-electron chi connectivity index (χ2n) is 8.83. The van der Waals surface area contributed by atoms with Gasteiger partial charge in [-0.3, -0.25) is 0 Å². The molecular formula is C25H45F6OSSb. The average molecular weight is 629 g/mol. The van der Waals surface area contributed by atoms with E-state index in [1.807, 2.05) is 0 Å². The summed E-state index contributed by atoms with van der Waals surface area (Å²) in [6.07, 6.45) is 24.8. The van der Waals surface area contributed by atoms with Crippen molar-refractivity contribution in [2.45, 2.75) is 115 Å². The van der Waals surface area contributed by atoms with Crippen molar-refractivity contribution < 1.29 is 21.6 Å². The van der Waals surface area contributed by atoms with Gasteiger partial charge in [-0.15, -0.1) is 0 Å². The van der Waals surface area contributed by atoms with Crippen molar-refractivity contribution in [2.75, 3.05) is 12.9 Å². The molecule has 0 aliphatic carbocycles. The molecule has 0 N–H and O–H groups in total. The van der Waals surface area contributed by atoms with Gasteiger partial charge in [0.05, 0.1) is 6.61 Å². The summed E-state index contributed by atoms with van der Waals surface area (Å²) in [4.78, 5) is 1.35. The number of unbranched alkanes of at least 4 members (excludes halogenated alkanes) is 15. The van der Waals surface area contributed by atoms with Crippen molar-refractivity contribution in [3.63, 3.8) is 0 Å². The number of hydrogen-bond acceptors (Lipinski definition) is 1. The van der Waals surface area contributed by atoms with E-state index in [9.17, 15) is 16.9 Å². The Morgan fingerprint density at radius 1 is 0.588 bits per heavy atom. The van der Waals surface area contributed by atoms with E-state index < -0.39 is 19.5 Å². The molecular weight excluding hydrogens is 584 g/mol. The van der Waals surface area contributed by atoms with E-state index in [0.717, 1.165) is 12.4 Å². The Kier molecular flexibility index (Phi) is 17.1. The third-order valence-corrected chi connectivity index (χ3v) is 6.18. The number of ether oxygens (including phenoxy) is 1. The molecule has 1 rings (SSSR count). The minimum atomic E-state index is -11.2. The fourth-order valence-electron chi connectivity index (χ4n) is 3.53. The molecule has 0 spiro atoms. The Balaban J connectivity index is 0.00000135. The second kappa shape index (κ2) is 17.3. The summed E-state index contributed by atoms with van der Waals surface area (Å²) < 4.78 is 65.4.